The predicted octanol–water partition coefficient (Wildman–Crippen LogP) is 3.66. The fourth-order valence-corrected chi connectivity index (χ4v) is 4.23. The Morgan fingerprint density at radius 1 is 1.12 bits per heavy atom. The first-order valence-electron chi connectivity index (χ1n) is 8.60. The number of sulfonamides is 1. The molecule has 140 valence electrons. The highest BCUT2D eigenvalue weighted by atomic mass is 32.2. The lowest BCUT2D eigenvalue weighted by Crippen LogP contribution is -2.45. The van der Waals surface area contributed by atoms with Crippen LogP contribution in [0, 0.1) is 13.8 Å². The van der Waals surface area contributed by atoms with Crippen molar-refractivity contribution in [2.45, 2.75) is 40.2 Å². The Bertz CT molecular complexity index is 887. The summed E-state index contributed by atoms with van der Waals surface area (Å²) in [5.41, 5.74) is 4.10. The maximum Gasteiger partial charge on any atom is 0.248 e. The number of para-hydroxylation sites is 1. The van der Waals surface area contributed by atoms with Crippen molar-refractivity contribution < 1.29 is 13.2 Å². The molecule has 1 N–H and O–H groups in total. The van der Waals surface area contributed by atoms with E-state index in [1.807, 2.05) is 51.1 Å². The lowest BCUT2D eigenvalue weighted by molar-refractivity contribution is -0.116. The number of carbonyl (C=O) groups is 1. The van der Waals surface area contributed by atoms with Crippen LogP contribution in [0.3, 0.4) is 0 Å². The van der Waals surface area contributed by atoms with Crippen molar-refractivity contribution in [1.29, 1.82) is 0 Å². The third-order valence-corrected chi connectivity index (χ3v) is 5.45. The van der Waals surface area contributed by atoms with Crippen LogP contribution < -0.4 is 9.62 Å². The molecule has 0 aromatic heterocycles. The van der Waals surface area contributed by atoms with Gasteiger partial charge in [0, 0.05) is 5.69 Å². The second-order valence-electron chi connectivity index (χ2n) is 6.58. The molecule has 0 aliphatic rings. The summed E-state index contributed by atoms with van der Waals surface area (Å²) in [4.78, 5) is 12.8. The fraction of sp³-hybridized carbons (Fsp3) is 0.350. The Balaban J connectivity index is 2.38. The van der Waals surface area contributed by atoms with Crippen molar-refractivity contribution in [3.63, 3.8) is 0 Å². The molecule has 1 atom stereocenters. The SMILES string of the molecule is CCc1ccccc1NC(=O)[C@H](C)N(c1cc(C)cc(C)c1)S(C)(=O)=O. The lowest BCUT2D eigenvalue weighted by Gasteiger charge is -2.29. The van der Waals surface area contributed by atoms with Gasteiger partial charge in [0.25, 0.3) is 0 Å². The Kier molecular flexibility index (Phi) is 6.08. The number of amides is 1. The van der Waals surface area contributed by atoms with Gasteiger partial charge in [-0.25, -0.2) is 8.42 Å². The van der Waals surface area contributed by atoms with E-state index in [1.165, 1.54) is 4.31 Å². The Hall–Kier alpha value is -2.34. The highest BCUT2D eigenvalue weighted by Gasteiger charge is 2.29. The van der Waals surface area contributed by atoms with E-state index in [-0.39, 0.29) is 5.91 Å². The van der Waals surface area contributed by atoms with Crippen LogP contribution in [0.5, 0.6) is 0 Å². The van der Waals surface area contributed by atoms with Crippen molar-refractivity contribution in [2.75, 3.05) is 15.9 Å². The smallest absolute Gasteiger partial charge is 0.248 e. The summed E-state index contributed by atoms with van der Waals surface area (Å²) >= 11 is 0. The number of nitrogens with one attached hydrogen (secondary N) is 1. The van der Waals surface area contributed by atoms with Crippen LogP contribution in [0.1, 0.15) is 30.5 Å². The number of aryl methyl sites for hydroxylation is 3. The number of benzene rings is 2. The molecule has 6 heteroatoms. The zero-order valence-corrected chi connectivity index (χ0v) is 16.7. The molecule has 0 saturated carbocycles. The molecule has 5 nitrogen and oxygen atoms in total. The summed E-state index contributed by atoms with van der Waals surface area (Å²) in [6.07, 6.45) is 1.89. The normalized spacial score (nSPS) is 12.5. The Morgan fingerprint density at radius 2 is 1.69 bits per heavy atom. The van der Waals surface area contributed by atoms with Gasteiger partial charge < -0.3 is 5.32 Å². The van der Waals surface area contributed by atoms with E-state index in [0.717, 1.165) is 29.4 Å². The molecule has 0 unspecified atom stereocenters. The summed E-state index contributed by atoms with van der Waals surface area (Å²) in [5, 5.41) is 2.87. The van der Waals surface area contributed by atoms with E-state index >= 15 is 0 Å². The third kappa shape index (κ3) is 4.64. The van der Waals surface area contributed by atoms with Gasteiger partial charge in [-0.15, -0.1) is 0 Å². The first kappa shape index (κ1) is 20.0. The van der Waals surface area contributed by atoms with Crippen LogP contribution in [0.4, 0.5) is 11.4 Å². The van der Waals surface area contributed by atoms with Crippen molar-refractivity contribution in [3.8, 4) is 0 Å². The van der Waals surface area contributed by atoms with Crippen molar-refractivity contribution in [1.82, 2.24) is 0 Å². The average molecular weight is 375 g/mol. The summed E-state index contributed by atoms with van der Waals surface area (Å²) in [5.74, 6) is -0.365. The molecule has 0 fully saturated rings. The number of carbonyl (C=O) groups excluding carboxylic acids is 1. The second-order valence-corrected chi connectivity index (χ2v) is 8.44. The highest BCUT2D eigenvalue weighted by molar-refractivity contribution is 7.92. The molecule has 0 radical (unpaired) electrons. The molecule has 0 spiro atoms. The Labute approximate surface area is 156 Å². The molecular formula is C20H26N2O3S. The standard InChI is InChI=1S/C20H26N2O3S/c1-6-17-9-7-8-10-19(17)21-20(23)16(4)22(26(5,24)25)18-12-14(2)11-15(3)13-18/h7-13,16H,6H2,1-5H3,(H,21,23)/t16-/m0/s1. The van der Waals surface area contributed by atoms with Crippen LogP contribution in [0.2, 0.25) is 0 Å². The second kappa shape index (κ2) is 7.91. The first-order chi connectivity index (χ1) is 12.1. The van der Waals surface area contributed by atoms with Gasteiger partial charge in [-0.2, -0.15) is 0 Å². The lowest BCUT2D eigenvalue weighted by atomic mass is 10.1. The first-order valence-corrected chi connectivity index (χ1v) is 10.4. The monoisotopic (exact) mass is 374 g/mol. The molecule has 26 heavy (non-hydrogen) atoms. The molecule has 2 rings (SSSR count). The molecule has 2 aromatic carbocycles. The molecule has 0 aliphatic heterocycles. The van der Waals surface area contributed by atoms with E-state index in [4.69, 9.17) is 0 Å². The number of anilines is 2. The number of hydrogen-bond acceptors (Lipinski definition) is 3. The minimum absolute atomic E-state index is 0.365. The Morgan fingerprint density at radius 3 is 2.23 bits per heavy atom. The van der Waals surface area contributed by atoms with Crippen LogP contribution >= 0.6 is 0 Å². The van der Waals surface area contributed by atoms with Gasteiger partial charge >= 0.3 is 0 Å². The number of nitrogens with zero attached hydrogens (tertiary/aromatic N) is 1. The number of hydrogen-bond donors (Lipinski definition) is 1. The highest BCUT2D eigenvalue weighted by Crippen LogP contribution is 2.25. The molecule has 0 heterocycles. The summed E-state index contributed by atoms with van der Waals surface area (Å²) < 4.78 is 26.0. The van der Waals surface area contributed by atoms with E-state index in [0.29, 0.717) is 11.4 Å². The van der Waals surface area contributed by atoms with Crippen LogP contribution in [0.25, 0.3) is 0 Å². The van der Waals surface area contributed by atoms with Crippen molar-refractivity contribution >= 4 is 27.3 Å². The van der Waals surface area contributed by atoms with E-state index in [9.17, 15) is 13.2 Å². The number of rotatable bonds is 6. The van der Waals surface area contributed by atoms with Gasteiger partial charge in [0.15, 0.2) is 0 Å². The van der Waals surface area contributed by atoms with Gasteiger partial charge in [0.2, 0.25) is 15.9 Å². The van der Waals surface area contributed by atoms with Gasteiger partial charge in [-0.05, 0) is 62.1 Å². The topological polar surface area (TPSA) is 66.5 Å². The molecule has 0 saturated heterocycles. The third-order valence-electron chi connectivity index (χ3n) is 4.21. The van der Waals surface area contributed by atoms with Gasteiger partial charge in [-0.3, -0.25) is 9.10 Å². The molecule has 2 aromatic rings. The van der Waals surface area contributed by atoms with Gasteiger partial charge in [0.05, 0.1) is 11.9 Å². The van der Waals surface area contributed by atoms with E-state index in [1.54, 1.807) is 19.1 Å². The maximum atomic E-state index is 12.8. The van der Waals surface area contributed by atoms with Crippen LogP contribution in [0.15, 0.2) is 42.5 Å². The molecule has 0 aliphatic carbocycles. The maximum absolute atomic E-state index is 12.8. The average Bonchev–Trinajstić information content (AvgIpc) is 2.53. The zero-order chi connectivity index (χ0) is 19.5. The molecule has 1 amide bonds. The van der Waals surface area contributed by atoms with Gasteiger partial charge in [0.1, 0.15) is 6.04 Å². The van der Waals surface area contributed by atoms with Crippen molar-refractivity contribution in [3.05, 3.63) is 59.2 Å². The molecular weight excluding hydrogens is 348 g/mol. The summed E-state index contributed by atoms with van der Waals surface area (Å²) in [6, 6.07) is 12.2. The van der Waals surface area contributed by atoms with Crippen LogP contribution in [-0.2, 0) is 21.2 Å². The van der Waals surface area contributed by atoms with E-state index in [2.05, 4.69) is 5.32 Å². The minimum Gasteiger partial charge on any atom is -0.324 e. The predicted molar refractivity (Wildman–Crippen MR) is 107 cm³/mol. The van der Waals surface area contributed by atoms with E-state index < -0.39 is 16.1 Å². The largest absolute Gasteiger partial charge is 0.324 e. The summed E-state index contributed by atoms with van der Waals surface area (Å²) in [6.45, 7) is 7.41. The summed E-state index contributed by atoms with van der Waals surface area (Å²) in [7, 11) is -3.63. The van der Waals surface area contributed by atoms with Crippen LogP contribution in [-0.4, -0.2) is 26.6 Å². The quantitative estimate of drug-likeness (QED) is 0.839. The zero-order valence-electron chi connectivity index (χ0n) is 15.9. The van der Waals surface area contributed by atoms with Crippen molar-refractivity contribution in [2.24, 2.45) is 0 Å². The molecule has 0 bridgehead atoms. The fourth-order valence-electron chi connectivity index (χ4n) is 3.07. The van der Waals surface area contributed by atoms with Gasteiger partial charge in [-0.1, -0.05) is 31.2 Å². The minimum atomic E-state index is -3.63.